The smallest absolute Gasteiger partial charge is 0.341 e. The van der Waals surface area contributed by atoms with Crippen LogP contribution in [-0.2, 0) is 21.1 Å². The maximum absolute atomic E-state index is 12.5. The van der Waals surface area contributed by atoms with Crippen LogP contribution in [0.2, 0.25) is 0 Å². The molecule has 0 fully saturated rings. The number of carboxylic acid groups (broad SMARTS) is 2. The number of carbonyl (C=O) groups excluding carboxylic acids is 1. The molecular formula is C21H22O10. The van der Waals surface area contributed by atoms with E-state index in [2.05, 4.69) is 0 Å². The Kier molecular flexibility index (Phi) is 8.35. The van der Waals surface area contributed by atoms with E-state index in [1.807, 2.05) is 6.92 Å². The Morgan fingerprint density at radius 2 is 1.52 bits per heavy atom. The van der Waals surface area contributed by atoms with Crippen LogP contribution in [0.25, 0.3) is 0 Å². The molecule has 0 saturated carbocycles. The van der Waals surface area contributed by atoms with Crippen molar-refractivity contribution < 1.29 is 49.3 Å². The first-order valence-electron chi connectivity index (χ1n) is 9.33. The van der Waals surface area contributed by atoms with Crippen LogP contribution in [0.15, 0.2) is 36.4 Å². The van der Waals surface area contributed by atoms with E-state index in [0.29, 0.717) is 6.42 Å². The highest BCUT2D eigenvalue weighted by atomic mass is 17.2. The molecule has 0 aromatic heterocycles. The number of aromatic hydroxyl groups is 2. The molecule has 0 heterocycles. The molecule has 2 rings (SSSR count). The van der Waals surface area contributed by atoms with Gasteiger partial charge in [-0.05, 0) is 48.4 Å². The molecule has 166 valence electrons. The summed E-state index contributed by atoms with van der Waals surface area (Å²) in [4.78, 5) is 45.2. The molecule has 31 heavy (non-hydrogen) atoms. The summed E-state index contributed by atoms with van der Waals surface area (Å²) in [7, 11) is 0. The fourth-order valence-corrected chi connectivity index (χ4v) is 2.65. The average Bonchev–Trinajstić information content (AvgIpc) is 2.71. The second kappa shape index (κ2) is 11.0. The third-order valence-electron chi connectivity index (χ3n) is 4.19. The Labute approximate surface area is 177 Å². The van der Waals surface area contributed by atoms with E-state index in [-0.39, 0.29) is 46.8 Å². The van der Waals surface area contributed by atoms with Gasteiger partial charge in [0.1, 0.15) is 18.1 Å². The standard InChI is InChI=1S/C21H22O10/c1-2-3-4-18(30-21(28)17-10-14(23)6-8-16(17)20(26)27)31-29-11-12-9-13(22)5-7-15(12)19(24)25/h5-10,18,22-23H,2-4,11H2,1H3,(H,24,25)(H,26,27). The van der Waals surface area contributed by atoms with Crippen molar-refractivity contribution in [3.8, 4) is 11.5 Å². The molecule has 0 amide bonds. The summed E-state index contributed by atoms with van der Waals surface area (Å²) in [5.41, 5.74) is -0.689. The number of phenols is 2. The van der Waals surface area contributed by atoms with Crippen LogP contribution in [0.5, 0.6) is 11.5 Å². The Hall–Kier alpha value is -3.63. The van der Waals surface area contributed by atoms with Gasteiger partial charge in [-0.1, -0.05) is 13.3 Å². The van der Waals surface area contributed by atoms with E-state index in [4.69, 9.17) is 14.5 Å². The molecule has 0 radical (unpaired) electrons. The van der Waals surface area contributed by atoms with Crippen molar-refractivity contribution in [2.75, 3.05) is 0 Å². The van der Waals surface area contributed by atoms with Gasteiger partial charge in [-0.2, -0.15) is 4.89 Å². The summed E-state index contributed by atoms with van der Waals surface area (Å²) in [6, 6.07) is 6.79. The fraction of sp³-hybridized carbons (Fsp3) is 0.286. The summed E-state index contributed by atoms with van der Waals surface area (Å²) in [6.45, 7) is 1.53. The Morgan fingerprint density at radius 3 is 2.13 bits per heavy atom. The minimum Gasteiger partial charge on any atom is -0.508 e. The molecule has 4 N–H and O–H groups in total. The van der Waals surface area contributed by atoms with Crippen LogP contribution >= 0.6 is 0 Å². The quantitative estimate of drug-likeness (QED) is 0.179. The largest absolute Gasteiger partial charge is 0.508 e. The lowest BCUT2D eigenvalue weighted by atomic mass is 10.1. The zero-order valence-electron chi connectivity index (χ0n) is 16.6. The number of aromatic carboxylic acids is 2. The van der Waals surface area contributed by atoms with Crippen LogP contribution in [0.3, 0.4) is 0 Å². The average molecular weight is 434 g/mol. The van der Waals surface area contributed by atoms with Crippen LogP contribution in [0.1, 0.15) is 62.8 Å². The molecule has 2 aromatic carbocycles. The normalized spacial score (nSPS) is 11.6. The van der Waals surface area contributed by atoms with Gasteiger partial charge in [-0.3, -0.25) is 0 Å². The van der Waals surface area contributed by atoms with E-state index in [0.717, 1.165) is 24.6 Å². The topological polar surface area (TPSA) is 160 Å². The highest BCUT2D eigenvalue weighted by Crippen LogP contribution is 2.21. The van der Waals surface area contributed by atoms with Crippen molar-refractivity contribution in [3.63, 3.8) is 0 Å². The highest BCUT2D eigenvalue weighted by Gasteiger charge is 2.23. The summed E-state index contributed by atoms with van der Waals surface area (Å²) >= 11 is 0. The third-order valence-corrected chi connectivity index (χ3v) is 4.19. The van der Waals surface area contributed by atoms with Crippen LogP contribution in [-0.4, -0.2) is 44.6 Å². The number of ether oxygens (including phenoxy) is 1. The summed E-state index contributed by atoms with van der Waals surface area (Å²) in [5, 5.41) is 37.6. The number of carbonyl (C=O) groups is 3. The SMILES string of the molecule is CCCCC(OOCc1cc(O)ccc1C(=O)O)OC(=O)c1cc(O)ccc1C(=O)O. The molecular weight excluding hydrogens is 412 g/mol. The molecule has 1 unspecified atom stereocenters. The Balaban J connectivity index is 2.11. The monoisotopic (exact) mass is 434 g/mol. The minimum absolute atomic E-state index is 0.102. The van der Waals surface area contributed by atoms with Crippen LogP contribution in [0.4, 0.5) is 0 Å². The molecule has 0 bridgehead atoms. The van der Waals surface area contributed by atoms with Gasteiger partial charge in [-0.25, -0.2) is 19.3 Å². The number of hydrogen-bond acceptors (Lipinski definition) is 8. The molecule has 0 aliphatic rings. The van der Waals surface area contributed by atoms with Gasteiger partial charge in [0.15, 0.2) is 0 Å². The summed E-state index contributed by atoms with van der Waals surface area (Å²) < 4.78 is 5.20. The van der Waals surface area contributed by atoms with Crippen molar-refractivity contribution in [1.82, 2.24) is 0 Å². The van der Waals surface area contributed by atoms with Crippen molar-refractivity contribution in [2.45, 2.75) is 39.1 Å². The van der Waals surface area contributed by atoms with Gasteiger partial charge in [0.05, 0.1) is 16.7 Å². The molecule has 0 saturated heterocycles. The first-order valence-corrected chi connectivity index (χ1v) is 9.33. The molecule has 10 heteroatoms. The molecule has 0 spiro atoms. The number of hydrogen-bond donors (Lipinski definition) is 4. The Morgan fingerprint density at radius 1 is 0.903 bits per heavy atom. The first-order chi connectivity index (χ1) is 14.7. The Bertz CT molecular complexity index is 953. The number of rotatable bonds is 11. The number of carboxylic acids is 2. The maximum Gasteiger partial charge on any atom is 0.341 e. The molecule has 1 atom stereocenters. The lowest BCUT2D eigenvalue weighted by Crippen LogP contribution is -2.23. The molecule has 0 aliphatic heterocycles. The second-order valence-corrected chi connectivity index (χ2v) is 6.52. The van der Waals surface area contributed by atoms with Crippen molar-refractivity contribution in [2.24, 2.45) is 0 Å². The highest BCUT2D eigenvalue weighted by molar-refractivity contribution is 6.02. The third kappa shape index (κ3) is 6.69. The lowest BCUT2D eigenvalue weighted by Gasteiger charge is -2.18. The minimum atomic E-state index is -1.38. The van der Waals surface area contributed by atoms with Gasteiger partial charge in [0, 0.05) is 6.42 Å². The summed E-state index contributed by atoms with van der Waals surface area (Å²) in [5.74, 6) is -4.12. The van der Waals surface area contributed by atoms with E-state index in [9.17, 15) is 34.8 Å². The van der Waals surface area contributed by atoms with Gasteiger partial charge >= 0.3 is 17.9 Å². The fourth-order valence-electron chi connectivity index (χ4n) is 2.65. The van der Waals surface area contributed by atoms with Gasteiger partial charge in [0.2, 0.25) is 6.29 Å². The second-order valence-electron chi connectivity index (χ2n) is 6.52. The van der Waals surface area contributed by atoms with Crippen molar-refractivity contribution >= 4 is 17.9 Å². The number of phenolic OH excluding ortho intramolecular Hbond substituents is 2. The predicted molar refractivity (Wildman–Crippen MR) is 105 cm³/mol. The van der Waals surface area contributed by atoms with Crippen LogP contribution in [0, 0.1) is 0 Å². The molecule has 2 aromatic rings. The summed E-state index contributed by atoms with van der Waals surface area (Å²) in [6.07, 6.45) is 0.316. The number of benzene rings is 2. The predicted octanol–water partition coefficient (Wildman–Crippen LogP) is 3.32. The van der Waals surface area contributed by atoms with E-state index >= 15 is 0 Å². The van der Waals surface area contributed by atoms with E-state index in [1.54, 1.807) is 0 Å². The maximum atomic E-state index is 12.5. The van der Waals surface area contributed by atoms with E-state index in [1.165, 1.54) is 18.2 Å². The zero-order valence-corrected chi connectivity index (χ0v) is 16.6. The number of esters is 1. The van der Waals surface area contributed by atoms with Crippen molar-refractivity contribution in [1.29, 1.82) is 0 Å². The van der Waals surface area contributed by atoms with Crippen LogP contribution < -0.4 is 0 Å². The number of unbranched alkanes of at least 4 members (excludes halogenated alkanes) is 1. The molecule has 0 aliphatic carbocycles. The lowest BCUT2D eigenvalue weighted by molar-refractivity contribution is -0.375. The first kappa shape index (κ1) is 23.6. The van der Waals surface area contributed by atoms with Gasteiger partial charge in [-0.15, -0.1) is 0 Å². The van der Waals surface area contributed by atoms with Gasteiger partial charge in [0.25, 0.3) is 0 Å². The molecule has 10 nitrogen and oxygen atoms in total. The van der Waals surface area contributed by atoms with Crippen molar-refractivity contribution in [3.05, 3.63) is 58.7 Å². The zero-order chi connectivity index (χ0) is 23.0. The van der Waals surface area contributed by atoms with E-state index < -0.39 is 24.2 Å². The van der Waals surface area contributed by atoms with Gasteiger partial charge < -0.3 is 25.2 Å².